The number of ether oxygens (including phenoxy) is 1. The van der Waals surface area contributed by atoms with Crippen molar-refractivity contribution in [2.24, 2.45) is 5.92 Å². The molecule has 1 aromatic carbocycles. The Morgan fingerprint density at radius 3 is 2.77 bits per heavy atom. The normalized spacial score (nSPS) is 22.6. The van der Waals surface area contributed by atoms with Crippen LogP contribution in [0.3, 0.4) is 0 Å². The van der Waals surface area contributed by atoms with Gasteiger partial charge in [0.15, 0.2) is 0 Å². The van der Waals surface area contributed by atoms with Gasteiger partial charge in [-0.2, -0.15) is 0 Å². The van der Waals surface area contributed by atoms with Gasteiger partial charge in [-0.1, -0.05) is 18.6 Å². The van der Waals surface area contributed by atoms with Gasteiger partial charge in [0.2, 0.25) is 5.91 Å². The fourth-order valence-corrected chi connectivity index (χ4v) is 3.65. The quantitative estimate of drug-likeness (QED) is 0.848. The first-order valence-corrected chi connectivity index (χ1v) is 9.60. The number of nitrogens with one attached hydrogen (secondary N) is 2. The summed E-state index contributed by atoms with van der Waals surface area (Å²) in [6.45, 7) is 5.72. The van der Waals surface area contributed by atoms with E-state index in [4.69, 9.17) is 4.74 Å². The van der Waals surface area contributed by atoms with Crippen molar-refractivity contribution in [2.75, 3.05) is 19.6 Å². The fraction of sp³-hybridized carbons (Fsp3) is 0.600. The maximum absolute atomic E-state index is 12.5. The summed E-state index contributed by atoms with van der Waals surface area (Å²) in [7, 11) is 0. The number of nitrogens with zero attached hydrogens (tertiary/aromatic N) is 1. The Morgan fingerprint density at radius 2 is 2.04 bits per heavy atom. The minimum absolute atomic E-state index is 0.0678. The molecule has 0 saturated carbocycles. The molecular formula is C20H29N3O3. The third kappa shape index (κ3) is 4.90. The second-order valence-corrected chi connectivity index (χ2v) is 7.53. The smallest absolute Gasteiger partial charge is 0.317 e. The summed E-state index contributed by atoms with van der Waals surface area (Å²) in [6.07, 6.45) is 3.81. The van der Waals surface area contributed by atoms with Crippen LogP contribution >= 0.6 is 0 Å². The van der Waals surface area contributed by atoms with Gasteiger partial charge < -0.3 is 20.3 Å². The van der Waals surface area contributed by atoms with Crippen molar-refractivity contribution in [2.45, 2.75) is 51.7 Å². The molecule has 6 nitrogen and oxygen atoms in total. The van der Waals surface area contributed by atoms with Crippen molar-refractivity contribution in [3.8, 4) is 5.75 Å². The Kier molecular flexibility index (Phi) is 6.01. The largest absolute Gasteiger partial charge is 0.491 e. The molecular weight excluding hydrogens is 330 g/mol. The Balaban J connectivity index is 1.47. The van der Waals surface area contributed by atoms with Crippen LogP contribution in [0.5, 0.6) is 5.75 Å². The average molecular weight is 359 g/mol. The first-order chi connectivity index (χ1) is 12.5. The van der Waals surface area contributed by atoms with E-state index in [1.807, 2.05) is 38.1 Å². The number of carbonyl (C=O) groups is 2. The maximum Gasteiger partial charge on any atom is 0.317 e. The van der Waals surface area contributed by atoms with Crippen LogP contribution < -0.4 is 15.4 Å². The van der Waals surface area contributed by atoms with Crippen molar-refractivity contribution in [1.29, 1.82) is 0 Å². The van der Waals surface area contributed by atoms with E-state index in [2.05, 4.69) is 10.6 Å². The number of hydrogen-bond donors (Lipinski definition) is 2. The molecule has 1 aromatic rings. The van der Waals surface area contributed by atoms with E-state index >= 15 is 0 Å². The SMILES string of the molecule is CC(C)Oc1ccc(CCNC(=O)N2C[C@@H]3CCC[C@H](C2)C(=O)N3)cc1. The lowest BCUT2D eigenvalue weighted by Gasteiger charge is -2.27. The van der Waals surface area contributed by atoms with Crippen molar-refractivity contribution in [3.63, 3.8) is 0 Å². The minimum Gasteiger partial charge on any atom is -0.491 e. The first-order valence-electron chi connectivity index (χ1n) is 9.60. The van der Waals surface area contributed by atoms with E-state index in [1.165, 1.54) is 0 Å². The topological polar surface area (TPSA) is 70.7 Å². The van der Waals surface area contributed by atoms with E-state index in [1.54, 1.807) is 4.90 Å². The summed E-state index contributed by atoms with van der Waals surface area (Å²) in [5, 5.41) is 6.05. The molecule has 0 aliphatic carbocycles. The van der Waals surface area contributed by atoms with Gasteiger partial charge >= 0.3 is 6.03 Å². The third-order valence-corrected chi connectivity index (χ3v) is 4.98. The lowest BCUT2D eigenvalue weighted by molar-refractivity contribution is -0.124. The lowest BCUT2D eigenvalue weighted by Crippen LogP contribution is -2.46. The van der Waals surface area contributed by atoms with Crippen LogP contribution in [0.25, 0.3) is 0 Å². The summed E-state index contributed by atoms with van der Waals surface area (Å²) >= 11 is 0. The molecule has 3 amide bonds. The standard InChI is InChI=1S/C20H29N3O3/c1-14(2)26-18-8-6-15(7-9-18)10-11-21-20(25)23-12-16-4-3-5-17(13-23)22-19(16)24/h6-9,14,16-17H,3-5,10-13H2,1-2H3,(H,21,25)(H,22,24)/t16-,17+/m1/s1. The van der Waals surface area contributed by atoms with Gasteiger partial charge in [-0.05, 0) is 50.8 Å². The summed E-state index contributed by atoms with van der Waals surface area (Å²) < 4.78 is 5.64. The third-order valence-electron chi connectivity index (χ3n) is 4.98. The molecule has 3 rings (SSSR count). The van der Waals surface area contributed by atoms with Crippen LogP contribution in [0, 0.1) is 5.92 Å². The van der Waals surface area contributed by atoms with Crippen LogP contribution in [0.2, 0.25) is 0 Å². The highest BCUT2D eigenvalue weighted by Gasteiger charge is 2.34. The zero-order valence-corrected chi connectivity index (χ0v) is 15.7. The monoisotopic (exact) mass is 359 g/mol. The van der Waals surface area contributed by atoms with E-state index in [-0.39, 0.29) is 30.0 Å². The Bertz CT molecular complexity index is 630. The van der Waals surface area contributed by atoms with E-state index in [9.17, 15) is 9.59 Å². The maximum atomic E-state index is 12.5. The fourth-order valence-electron chi connectivity index (χ4n) is 3.65. The van der Waals surface area contributed by atoms with E-state index in [0.29, 0.717) is 19.6 Å². The molecule has 2 bridgehead atoms. The number of likely N-dealkylation sites (tertiary alicyclic amines) is 1. The molecule has 2 saturated heterocycles. The van der Waals surface area contributed by atoms with Gasteiger partial charge in [-0.15, -0.1) is 0 Å². The highest BCUT2D eigenvalue weighted by Crippen LogP contribution is 2.21. The zero-order valence-electron chi connectivity index (χ0n) is 15.7. The average Bonchev–Trinajstić information content (AvgIpc) is 2.84. The zero-order chi connectivity index (χ0) is 18.5. The number of rotatable bonds is 5. The molecule has 0 radical (unpaired) electrons. The van der Waals surface area contributed by atoms with Gasteiger partial charge in [-0.25, -0.2) is 4.79 Å². The van der Waals surface area contributed by atoms with Crippen LogP contribution in [0.4, 0.5) is 4.79 Å². The molecule has 0 spiro atoms. The molecule has 0 unspecified atom stereocenters. The number of carbonyl (C=O) groups excluding carboxylic acids is 2. The van der Waals surface area contributed by atoms with Crippen molar-refractivity contribution >= 4 is 11.9 Å². The first kappa shape index (κ1) is 18.5. The highest BCUT2D eigenvalue weighted by molar-refractivity contribution is 5.82. The number of benzene rings is 1. The van der Waals surface area contributed by atoms with Gasteiger partial charge in [-0.3, -0.25) is 4.79 Å². The Morgan fingerprint density at radius 1 is 1.27 bits per heavy atom. The minimum atomic E-state index is -0.0711. The summed E-state index contributed by atoms with van der Waals surface area (Å²) in [4.78, 5) is 26.4. The highest BCUT2D eigenvalue weighted by atomic mass is 16.5. The molecule has 2 atom stereocenters. The molecule has 2 aliphatic rings. The predicted octanol–water partition coefficient (Wildman–Crippen LogP) is 2.33. The molecule has 2 N–H and O–H groups in total. The van der Waals surface area contributed by atoms with E-state index < -0.39 is 0 Å². The molecule has 2 fully saturated rings. The molecule has 6 heteroatoms. The summed E-state index contributed by atoms with van der Waals surface area (Å²) in [5.41, 5.74) is 1.16. The summed E-state index contributed by atoms with van der Waals surface area (Å²) in [5.74, 6) is 0.898. The second-order valence-electron chi connectivity index (χ2n) is 7.53. The molecule has 0 aromatic heterocycles. The van der Waals surface area contributed by atoms with Gasteiger partial charge in [0.1, 0.15) is 5.75 Å². The van der Waals surface area contributed by atoms with Gasteiger partial charge in [0.05, 0.1) is 12.0 Å². The van der Waals surface area contributed by atoms with Crippen molar-refractivity contribution in [3.05, 3.63) is 29.8 Å². The second kappa shape index (κ2) is 8.43. The summed E-state index contributed by atoms with van der Waals surface area (Å²) in [6, 6.07) is 8.01. The van der Waals surface area contributed by atoms with Crippen molar-refractivity contribution < 1.29 is 14.3 Å². The molecule has 26 heavy (non-hydrogen) atoms. The number of hydrogen-bond acceptors (Lipinski definition) is 3. The van der Waals surface area contributed by atoms with Crippen LogP contribution in [-0.4, -0.2) is 48.6 Å². The van der Waals surface area contributed by atoms with Gasteiger partial charge in [0, 0.05) is 25.7 Å². The number of urea groups is 1. The molecule has 142 valence electrons. The number of amides is 3. The van der Waals surface area contributed by atoms with Crippen LogP contribution in [0.1, 0.15) is 38.7 Å². The van der Waals surface area contributed by atoms with E-state index in [0.717, 1.165) is 37.0 Å². The number of fused-ring (bicyclic) bond motifs is 3. The Hall–Kier alpha value is -2.24. The molecule has 2 heterocycles. The Labute approximate surface area is 155 Å². The van der Waals surface area contributed by atoms with Crippen LogP contribution in [-0.2, 0) is 11.2 Å². The predicted molar refractivity (Wildman–Crippen MR) is 100 cm³/mol. The lowest BCUT2D eigenvalue weighted by atomic mass is 9.99. The van der Waals surface area contributed by atoms with Crippen molar-refractivity contribution in [1.82, 2.24) is 15.5 Å². The van der Waals surface area contributed by atoms with Gasteiger partial charge in [0.25, 0.3) is 0 Å². The molecule has 2 aliphatic heterocycles. The van der Waals surface area contributed by atoms with Crippen LogP contribution in [0.15, 0.2) is 24.3 Å².